The van der Waals surface area contributed by atoms with Crippen LogP contribution in [-0.4, -0.2) is 72.9 Å². The van der Waals surface area contributed by atoms with Crippen molar-refractivity contribution in [1.29, 1.82) is 0 Å². The third kappa shape index (κ3) is 6.74. The molecule has 1 atom stereocenters. The maximum absolute atomic E-state index is 12.4. The summed E-state index contributed by atoms with van der Waals surface area (Å²) in [6.07, 6.45) is 4.53. The molecule has 0 spiro atoms. The Morgan fingerprint density at radius 3 is 2.84 bits per heavy atom. The Hall–Kier alpha value is -2.02. The normalized spacial score (nSPS) is 17.7. The summed E-state index contributed by atoms with van der Waals surface area (Å²) in [5.74, 6) is 0.464. The summed E-state index contributed by atoms with van der Waals surface area (Å²) in [6.45, 7) is 10.6. The number of urea groups is 1. The lowest BCUT2D eigenvalue weighted by Gasteiger charge is -2.17. The Morgan fingerprint density at radius 2 is 2.12 bits per heavy atom. The molecule has 2 aromatic rings. The van der Waals surface area contributed by atoms with E-state index in [1.54, 1.807) is 0 Å². The van der Waals surface area contributed by atoms with Crippen LogP contribution in [0.5, 0.6) is 0 Å². The van der Waals surface area contributed by atoms with Crippen LogP contribution < -0.4 is 10.6 Å². The smallest absolute Gasteiger partial charge is 0.320 e. The van der Waals surface area contributed by atoms with Gasteiger partial charge in [0.15, 0.2) is 11.5 Å². The molecule has 2 N–H and O–H groups in total. The van der Waals surface area contributed by atoms with Gasteiger partial charge in [-0.15, -0.1) is 0 Å². The highest BCUT2D eigenvalue weighted by molar-refractivity contribution is 7.89. The lowest BCUT2D eigenvalue weighted by Crippen LogP contribution is -2.41. The molecule has 0 aromatic carbocycles. The largest absolute Gasteiger partial charge is 0.361 e. The second-order valence-corrected chi connectivity index (χ2v) is 17.1. The van der Waals surface area contributed by atoms with Gasteiger partial charge in [-0.2, -0.15) is 4.31 Å². The van der Waals surface area contributed by atoms with Gasteiger partial charge in [-0.3, -0.25) is 5.32 Å². The Kier molecular flexibility index (Phi) is 7.91. The molecule has 0 aliphatic carbocycles. The summed E-state index contributed by atoms with van der Waals surface area (Å²) in [4.78, 5) is 21.2. The van der Waals surface area contributed by atoms with Gasteiger partial charge < -0.3 is 14.6 Å². The number of carbonyl (C=O) groups excluding carboxylic acids is 1. The molecule has 1 fully saturated rings. The number of anilines is 1. The van der Waals surface area contributed by atoms with Gasteiger partial charge in [0.1, 0.15) is 12.2 Å². The third-order valence-electron chi connectivity index (χ3n) is 5.27. The molecular formula is C20H34N6O4SSi. The topological polar surface area (TPSA) is 118 Å². The molecule has 10 nitrogen and oxygen atoms in total. The first-order valence-corrected chi connectivity index (χ1v) is 16.3. The zero-order valence-corrected chi connectivity index (χ0v) is 21.1. The van der Waals surface area contributed by atoms with Crippen LogP contribution in [0.2, 0.25) is 25.7 Å². The average molecular weight is 483 g/mol. The van der Waals surface area contributed by atoms with Gasteiger partial charge in [0, 0.05) is 40.0 Å². The molecule has 1 aliphatic rings. The van der Waals surface area contributed by atoms with Crippen LogP contribution in [0.3, 0.4) is 0 Å². The second kappa shape index (κ2) is 10.3. The minimum Gasteiger partial charge on any atom is -0.361 e. The van der Waals surface area contributed by atoms with E-state index in [4.69, 9.17) is 4.74 Å². The molecule has 12 heteroatoms. The van der Waals surface area contributed by atoms with Crippen molar-refractivity contribution in [1.82, 2.24) is 24.2 Å². The van der Waals surface area contributed by atoms with Crippen molar-refractivity contribution in [3.63, 3.8) is 0 Å². The predicted octanol–water partition coefficient (Wildman–Crippen LogP) is 2.68. The van der Waals surface area contributed by atoms with Gasteiger partial charge in [0.25, 0.3) is 0 Å². The van der Waals surface area contributed by atoms with Crippen LogP contribution in [0.25, 0.3) is 11.2 Å². The summed E-state index contributed by atoms with van der Waals surface area (Å²) in [7, 11) is -4.37. The van der Waals surface area contributed by atoms with Crippen LogP contribution in [0.4, 0.5) is 10.6 Å². The molecule has 3 rings (SSSR count). The van der Waals surface area contributed by atoms with Crippen molar-refractivity contribution < 1.29 is 17.9 Å². The quantitative estimate of drug-likeness (QED) is 0.397. The number of hydrogen-bond donors (Lipinski definition) is 2. The summed E-state index contributed by atoms with van der Waals surface area (Å²) in [6, 6.07) is 2.28. The van der Waals surface area contributed by atoms with Crippen LogP contribution >= 0.6 is 0 Å². The van der Waals surface area contributed by atoms with E-state index >= 15 is 0 Å². The number of sulfonamides is 1. The number of carbonyl (C=O) groups is 1. The van der Waals surface area contributed by atoms with Gasteiger partial charge in [0.05, 0.1) is 11.9 Å². The highest BCUT2D eigenvalue weighted by atomic mass is 32.2. The monoisotopic (exact) mass is 482 g/mol. The summed E-state index contributed by atoms with van der Waals surface area (Å²) >= 11 is 0. The molecule has 0 radical (unpaired) electrons. The van der Waals surface area contributed by atoms with E-state index in [2.05, 4.69) is 40.2 Å². The highest BCUT2D eigenvalue weighted by Gasteiger charge is 2.31. The Bertz CT molecular complexity index is 1040. The second-order valence-electron chi connectivity index (χ2n) is 9.36. The average Bonchev–Trinajstić information content (AvgIpc) is 3.32. The van der Waals surface area contributed by atoms with E-state index in [0.29, 0.717) is 49.6 Å². The third-order valence-corrected chi connectivity index (χ3v) is 9.02. The molecule has 0 bridgehead atoms. The molecule has 2 aromatic heterocycles. The first-order valence-electron chi connectivity index (χ1n) is 11.0. The first kappa shape index (κ1) is 24.6. The molecule has 1 saturated heterocycles. The predicted molar refractivity (Wildman–Crippen MR) is 128 cm³/mol. The fraction of sp³-hybridized carbons (Fsp3) is 0.650. The highest BCUT2D eigenvalue weighted by Crippen LogP contribution is 2.17. The number of ether oxygens (including phenoxy) is 1. The van der Waals surface area contributed by atoms with Crippen molar-refractivity contribution in [2.24, 2.45) is 0 Å². The van der Waals surface area contributed by atoms with Crippen LogP contribution in [-0.2, 0) is 21.5 Å². The van der Waals surface area contributed by atoms with Crippen molar-refractivity contribution in [2.75, 3.05) is 30.8 Å². The van der Waals surface area contributed by atoms with Crippen molar-refractivity contribution in [2.45, 2.75) is 58.2 Å². The van der Waals surface area contributed by atoms with E-state index in [0.717, 1.165) is 12.7 Å². The molecule has 0 unspecified atom stereocenters. The van der Waals surface area contributed by atoms with E-state index in [9.17, 15) is 13.2 Å². The molecule has 0 saturated carbocycles. The Balaban J connectivity index is 1.51. The van der Waals surface area contributed by atoms with Gasteiger partial charge >= 0.3 is 6.03 Å². The first-order chi connectivity index (χ1) is 15.1. The summed E-state index contributed by atoms with van der Waals surface area (Å²) in [5, 5.41) is 5.52. The number of nitrogens with zero attached hydrogens (tertiary/aromatic N) is 4. The number of rotatable bonds is 10. The van der Waals surface area contributed by atoms with Crippen molar-refractivity contribution in [3.8, 4) is 0 Å². The lowest BCUT2D eigenvalue weighted by molar-refractivity contribution is 0.0899. The van der Waals surface area contributed by atoms with Crippen LogP contribution in [0.15, 0.2) is 18.5 Å². The van der Waals surface area contributed by atoms with Gasteiger partial charge in [-0.05, 0) is 25.0 Å². The van der Waals surface area contributed by atoms with Gasteiger partial charge in [-0.25, -0.2) is 23.2 Å². The fourth-order valence-electron chi connectivity index (χ4n) is 3.49. The minimum absolute atomic E-state index is 0.129. The van der Waals surface area contributed by atoms with E-state index in [-0.39, 0.29) is 11.8 Å². The maximum atomic E-state index is 12.4. The van der Waals surface area contributed by atoms with Gasteiger partial charge in [-0.1, -0.05) is 26.6 Å². The SMILES string of the molecule is CCCS(=O)(=O)N1CC[C@@H](NC(=O)Nc2cnc3c(ccn3COCC[Si](C)(C)C)n2)C1. The van der Waals surface area contributed by atoms with Crippen molar-refractivity contribution in [3.05, 3.63) is 18.5 Å². The van der Waals surface area contributed by atoms with E-state index < -0.39 is 24.1 Å². The summed E-state index contributed by atoms with van der Waals surface area (Å²) in [5.41, 5.74) is 1.35. The molecule has 32 heavy (non-hydrogen) atoms. The molecule has 3 heterocycles. The minimum atomic E-state index is -3.25. The zero-order valence-electron chi connectivity index (χ0n) is 19.3. The van der Waals surface area contributed by atoms with Crippen molar-refractivity contribution >= 4 is 41.1 Å². The number of aromatic nitrogens is 3. The standard InChI is InChI=1S/C20H34N6O4SSi/c1-5-11-31(28,29)26-9-6-16(14-26)22-20(27)24-18-13-21-19-17(23-18)7-8-25(19)15-30-10-12-32(2,3)4/h7-8,13,16H,5-6,9-12,14-15H2,1-4H3,(H2,22,23,24,27)/t16-/m1/s1. The van der Waals surface area contributed by atoms with Gasteiger partial charge in [0.2, 0.25) is 10.0 Å². The number of nitrogens with one attached hydrogen (secondary N) is 2. The number of fused-ring (bicyclic) bond motifs is 1. The maximum Gasteiger partial charge on any atom is 0.320 e. The molecular weight excluding hydrogens is 448 g/mol. The number of hydrogen-bond acceptors (Lipinski definition) is 6. The number of amides is 2. The molecule has 1 aliphatic heterocycles. The summed E-state index contributed by atoms with van der Waals surface area (Å²) < 4.78 is 33.5. The zero-order chi connectivity index (χ0) is 23.4. The Morgan fingerprint density at radius 1 is 1.34 bits per heavy atom. The molecule has 2 amide bonds. The fourth-order valence-corrected chi connectivity index (χ4v) is 5.81. The molecule has 178 valence electrons. The lowest BCUT2D eigenvalue weighted by atomic mass is 10.3. The van der Waals surface area contributed by atoms with Crippen LogP contribution in [0.1, 0.15) is 19.8 Å². The van der Waals surface area contributed by atoms with E-state index in [1.807, 2.05) is 23.8 Å². The van der Waals surface area contributed by atoms with E-state index in [1.165, 1.54) is 10.5 Å². The Labute approximate surface area is 190 Å². The van der Waals surface area contributed by atoms with Crippen LogP contribution in [0, 0.1) is 0 Å².